The van der Waals surface area contributed by atoms with Crippen LogP contribution in [0.1, 0.15) is 0 Å². The van der Waals surface area contributed by atoms with Crippen LogP contribution in [0.4, 0.5) is 0 Å². The molecule has 228 valence electrons. The molecule has 0 aliphatic carbocycles. The summed E-state index contributed by atoms with van der Waals surface area (Å²) < 4.78 is 6.08. The third kappa shape index (κ3) is 4.51. The van der Waals surface area contributed by atoms with Crippen LogP contribution in [-0.2, 0) is 0 Å². The smallest absolute Gasteiger partial charge is 0.227 e. The lowest BCUT2D eigenvalue weighted by molar-refractivity contribution is 0.620. The Balaban J connectivity index is 1.24. The molecule has 8 aromatic carbocycles. The Kier molecular flexibility index (Phi) is 6.18. The normalized spacial score (nSPS) is 11.7. The van der Waals surface area contributed by atoms with Crippen LogP contribution < -0.4 is 0 Å². The van der Waals surface area contributed by atoms with Gasteiger partial charge in [0.2, 0.25) is 5.89 Å². The lowest BCUT2D eigenvalue weighted by Gasteiger charge is -2.17. The van der Waals surface area contributed by atoms with E-state index in [2.05, 4.69) is 146 Å². The fourth-order valence-electron chi connectivity index (χ4n) is 7.35. The van der Waals surface area contributed by atoms with E-state index in [1.807, 2.05) is 24.3 Å². The Morgan fingerprint density at radius 1 is 0.367 bits per heavy atom. The molecule has 3 heteroatoms. The third-order valence-corrected chi connectivity index (χ3v) is 9.70. The molecule has 0 N–H and O–H groups in total. The summed E-state index contributed by atoms with van der Waals surface area (Å²) in [6, 6.07) is 60.0. The summed E-state index contributed by atoms with van der Waals surface area (Å²) in [6.45, 7) is 0. The van der Waals surface area contributed by atoms with Crippen molar-refractivity contribution < 1.29 is 4.42 Å². The van der Waals surface area contributed by atoms with Crippen LogP contribution in [0.2, 0.25) is 0 Å². The van der Waals surface area contributed by atoms with E-state index in [1.165, 1.54) is 32.7 Å². The van der Waals surface area contributed by atoms with Gasteiger partial charge in [0, 0.05) is 21.9 Å². The summed E-state index contributed by atoms with van der Waals surface area (Å²) >= 11 is 0. The van der Waals surface area contributed by atoms with Gasteiger partial charge >= 0.3 is 0 Å². The molecule has 0 spiro atoms. The third-order valence-electron chi connectivity index (χ3n) is 9.70. The first-order chi connectivity index (χ1) is 24.3. The van der Waals surface area contributed by atoms with Gasteiger partial charge in [0.1, 0.15) is 5.52 Å². The second-order valence-corrected chi connectivity index (χ2v) is 12.5. The van der Waals surface area contributed by atoms with E-state index in [0.29, 0.717) is 5.89 Å². The molecule has 0 aliphatic heterocycles. The zero-order valence-electron chi connectivity index (χ0n) is 26.5. The lowest BCUT2D eigenvalue weighted by Crippen LogP contribution is -1.94. The average molecular weight is 625 g/mol. The van der Waals surface area contributed by atoms with Crippen LogP contribution in [0.3, 0.4) is 0 Å². The zero-order chi connectivity index (χ0) is 32.3. The fourth-order valence-corrected chi connectivity index (χ4v) is 7.35. The van der Waals surface area contributed by atoms with E-state index >= 15 is 0 Å². The topological polar surface area (TPSA) is 38.9 Å². The molecule has 0 bridgehead atoms. The molecule has 0 aliphatic rings. The maximum Gasteiger partial charge on any atom is 0.227 e. The number of fused-ring (bicyclic) bond motifs is 6. The van der Waals surface area contributed by atoms with Crippen molar-refractivity contribution in [1.82, 2.24) is 9.97 Å². The lowest BCUT2D eigenvalue weighted by atomic mass is 9.89. The van der Waals surface area contributed by atoms with Gasteiger partial charge in [-0.15, -0.1) is 0 Å². The number of para-hydroxylation sites is 2. The Morgan fingerprint density at radius 2 is 0.959 bits per heavy atom. The summed E-state index contributed by atoms with van der Waals surface area (Å²) in [7, 11) is 0. The van der Waals surface area contributed by atoms with E-state index in [9.17, 15) is 0 Å². The Morgan fingerprint density at radius 3 is 1.71 bits per heavy atom. The van der Waals surface area contributed by atoms with Gasteiger partial charge in [-0.1, -0.05) is 133 Å². The number of pyridine rings is 1. The monoisotopic (exact) mass is 624 g/mol. The maximum absolute atomic E-state index is 6.08. The molecule has 0 fully saturated rings. The molecule has 0 unspecified atom stereocenters. The fraction of sp³-hybridized carbons (Fsp3) is 0. The van der Waals surface area contributed by atoms with Crippen molar-refractivity contribution in [2.75, 3.05) is 0 Å². The molecule has 10 aromatic rings. The maximum atomic E-state index is 6.08. The molecule has 2 aromatic heterocycles. The molecule has 0 saturated heterocycles. The molecule has 0 radical (unpaired) electrons. The van der Waals surface area contributed by atoms with Crippen molar-refractivity contribution >= 4 is 54.3 Å². The molecule has 0 saturated carbocycles. The standard InChI is InChI=1S/C46H28N2O/c1-3-15-33-29(11-1)13-9-19-35(33)40-28-43(37-20-10-14-30-12-2-4-16-34(30)37)47-45-38-18-6-5-17-36(38)39(27-41(40)45)31-23-25-32(26-24-31)46-48-42-21-7-8-22-44(42)49-46/h1-28H. The van der Waals surface area contributed by atoms with Gasteiger partial charge in [0.15, 0.2) is 5.58 Å². The van der Waals surface area contributed by atoms with E-state index < -0.39 is 0 Å². The molecule has 0 atom stereocenters. The number of hydrogen-bond donors (Lipinski definition) is 0. The number of hydrogen-bond acceptors (Lipinski definition) is 3. The highest BCUT2D eigenvalue weighted by atomic mass is 16.3. The molecule has 49 heavy (non-hydrogen) atoms. The molecular weight excluding hydrogens is 597 g/mol. The Hall–Kier alpha value is -6.58. The van der Waals surface area contributed by atoms with Crippen LogP contribution in [0.15, 0.2) is 174 Å². The van der Waals surface area contributed by atoms with Crippen LogP contribution in [0.5, 0.6) is 0 Å². The number of nitrogens with zero attached hydrogens (tertiary/aromatic N) is 2. The van der Waals surface area contributed by atoms with Crippen LogP contribution in [0, 0.1) is 0 Å². The van der Waals surface area contributed by atoms with Crippen molar-refractivity contribution in [3.63, 3.8) is 0 Å². The number of rotatable bonds is 4. The van der Waals surface area contributed by atoms with Crippen molar-refractivity contribution in [3.05, 3.63) is 170 Å². The number of oxazole rings is 1. The molecule has 0 amide bonds. The summed E-state index contributed by atoms with van der Waals surface area (Å²) in [4.78, 5) is 10.2. The second-order valence-electron chi connectivity index (χ2n) is 12.5. The van der Waals surface area contributed by atoms with Gasteiger partial charge in [-0.2, -0.15) is 0 Å². The SMILES string of the molecule is c1ccc2c(-c3cc(-c4cccc5ccccc45)c4cc(-c5ccc(-c6nc7ccccc7o6)cc5)c5ccccc5c4n3)cccc2c1. The van der Waals surface area contributed by atoms with E-state index in [0.717, 1.165) is 60.7 Å². The minimum atomic E-state index is 0.625. The van der Waals surface area contributed by atoms with Crippen molar-refractivity contribution in [1.29, 1.82) is 0 Å². The van der Waals surface area contributed by atoms with Gasteiger partial charge in [-0.25, -0.2) is 9.97 Å². The van der Waals surface area contributed by atoms with Crippen molar-refractivity contribution in [3.8, 4) is 45.0 Å². The highest BCUT2D eigenvalue weighted by Crippen LogP contribution is 2.43. The first-order valence-electron chi connectivity index (χ1n) is 16.6. The predicted molar refractivity (Wildman–Crippen MR) is 204 cm³/mol. The zero-order valence-corrected chi connectivity index (χ0v) is 26.5. The first-order valence-corrected chi connectivity index (χ1v) is 16.6. The van der Waals surface area contributed by atoms with E-state index in [1.54, 1.807) is 0 Å². The average Bonchev–Trinajstić information content (AvgIpc) is 3.61. The first kappa shape index (κ1) is 27.5. The van der Waals surface area contributed by atoms with Gasteiger partial charge in [0.25, 0.3) is 0 Å². The summed E-state index contributed by atoms with van der Waals surface area (Å²) in [5.74, 6) is 0.625. The highest BCUT2D eigenvalue weighted by Gasteiger charge is 2.18. The summed E-state index contributed by atoms with van der Waals surface area (Å²) in [6.07, 6.45) is 0. The number of benzene rings is 8. The second kappa shape index (κ2) is 11.0. The van der Waals surface area contributed by atoms with Crippen LogP contribution in [0.25, 0.3) is 99.3 Å². The molecule has 10 rings (SSSR count). The van der Waals surface area contributed by atoms with Crippen LogP contribution in [-0.4, -0.2) is 9.97 Å². The predicted octanol–water partition coefficient (Wildman–Crippen LogP) is 12.5. The van der Waals surface area contributed by atoms with Gasteiger partial charge in [-0.05, 0) is 85.6 Å². The molecule has 3 nitrogen and oxygen atoms in total. The van der Waals surface area contributed by atoms with Crippen molar-refractivity contribution in [2.45, 2.75) is 0 Å². The van der Waals surface area contributed by atoms with Crippen molar-refractivity contribution in [2.24, 2.45) is 0 Å². The van der Waals surface area contributed by atoms with Gasteiger partial charge in [0.05, 0.1) is 11.2 Å². The molecule has 2 heterocycles. The van der Waals surface area contributed by atoms with Gasteiger partial charge in [-0.3, -0.25) is 0 Å². The minimum Gasteiger partial charge on any atom is -0.436 e. The molecular formula is C46H28N2O. The van der Waals surface area contributed by atoms with Gasteiger partial charge < -0.3 is 4.42 Å². The Labute approximate surface area is 282 Å². The van der Waals surface area contributed by atoms with E-state index in [-0.39, 0.29) is 0 Å². The minimum absolute atomic E-state index is 0.625. The summed E-state index contributed by atoms with van der Waals surface area (Å²) in [5.41, 5.74) is 10.3. The quantitative estimate of drug-likeness (QED) is 0.183. The Bertz CT molecular complexity index is 2840. The highest BCUT2D eigenvalue weighted by molar-refractivity contribution is 6.18. The van der Waals surface area contributed by atoms with E-state index in [4.69, 9.17) is 14.4 Å². The summed E-state index contributed by atoms with van der Waals surface area (Å²) in [5, 5.41) is 8.25. The number of aromatic nitrogens is 2. The largest absolute Gasteiger partial charge is 0.436 e. The van der Waals surface area contributed by atoms with Crippen LogP contribution >= 0.6 is 0 Å².